The van der Waals surface area contributed by atoms with Crippen molar-refractivity contribution in [3.8, 4) is 5.75 Å². The van der Waals surface area contributed by atoms with Gasteiger partial charge < -0.3 is 9.64 Å². The summed E-state index contributed by atoms with van der Waals surface area (Å²) in [6, 6.07) is 6.85. The second-order valence-corrected chi connectivity index (χ2v) is 10.6. The van der Waals surface area contributed by atoms with E-state index in [2.05, 4.69) is 0 Å². The molecule has 0 atom stereocenters. The summed E-state index contributed by atoms with van der Waals surface area (Å²) in [5.74, 6) is 0.567. The number of fused-ring (bicyclic) bond motifs is 1. The van der Waals surface area contributed by atoms with Gasteiger partial charge in [0, 0.05) is 37.0 Å². The van der Waals surface area contributed by atoms with Crippen LogP contribution in [0.4, 0.5) is 0 Å². The number of likely N-dealkylation sites (tertiary alicyclic amines) is 1. The minimum Gasteiger partial charge on any atom is -0.492 e. The van der Waals surface area contributed by atoms with Crippen molar-refractivity contribution in [1.82, 2.24) is 9.21 Å². The second kappa shape index (κ2) is 7.09. The minimum atomic E-state index is -3.59. The number of nitrogens with zero attached hydrogens (tertiary/aromatic N) is 2. The molecule has 150 valence electrons. The van der Waals surface area contributed by atoms with Crippen LogP contribution in [0.15, 0.2) is 29.2 Å². The van der Waals surface area contributed by atoms with Gasteiger partial charge in [-0.1, -0.05) is 39.8 Å². The molecule has 3 rings (SSSR count). The first-order valence-electron chi connectivity index (χ1n) is 9.60. The van der Waals surface area contributed by atoms with Crippen LogP contribution in [0.25, 0.3) is 0 Å². The molecule has 1 saturated heterocycles. The third-order valence-corrected chi connectivity index (χ3v) is 7.58. The van der Waals surface area contributed by atoms with Crippen molar-refractivity contribution in [1.29, 1.82) is 0 Å². The monoisotopic (exact) mass is 394 g/mol. The third-order valence-electron chi connectivity index (χ3n) is 5.62. The van der Waals surface area contributed by atoms with E-state index in [9.17, 15) is 13.2 Å². The quantitative estimate of drug-likeness (QED) is 0.735. The molecule has 0 saturated carbocycles. The minimum absolute atomic E-state index is 0.148. The number of sulfonamides is 1. The van der Waals surface area contributed by atoms with E-state index in [-0.39, 0.29) is 16.2 Å². The van der Waals surface area contributed by atoms with Gasteiger partial charge in [-0.15, -0.1) is 0 Å². The van der Waals surface area contributed by atoms with E-state index in [1.54, 1.807) is 28.6 Å². The SMILES string of the molecule is CCN1CC2(CCN(C(=O)C(C)(C)C)CC2)COc2ccccc2S1(=O)=O. The van der Waals surface area contributed by atoms with E-state index in [0.717, 1.165) is 12.8 Å². The lowest BCUT2D eigenvalue weighted by atomic mass is 9.78. The molecule has 0 unspecified atom stereocenters. The highest BCUT2D eigenvalue weighted by atomic mass is 32.2. The summed E-state index contributed by atoms with van der Waals surface area (Å²) in [5.41, 5.74) is -0.676. The summed E-state index contributed by atoms with van der Waals surface area (Å²) >= 11 is 0. The molecule has 1 aromatic rings. The van der Waals surface area contributed by atoms with Gasteiger partial charge in [-0.05, 0) is 25.0 Å². The van der Waals surface area contributed by atoms with E-state index >= 15 is 0 Å². The number of hydrogen-bond acceptors (Lipinski definition) is 4. The molecule has 0 aliphatic carbocycles. The molecule has 0 aromatic heterocycles. The summed E-state index contributed by atoms with van der Waals surface area (Å²) in [6.07, 6.45) is 1.48. The molecule has 7 heteroatoms. The zero-order chi connectivity index (χ0) is 19.9. The number of para-hydroxylation sites is 1. The highest BCUT2D eigenvalue weighted by Crippen LogP contribution is 2.39. The summed E-state index contributed by atoms with van der Waals surface area (Å²) in [4.78, 5) is 14.7. The molecule has 1 fully saturated rings. The Kier molecular flexibility index (Phi) is 5.29. The summed E-state index contributed by atoms with van der Waals surface area (Å²) in [5, 5.41) is 0. The van der Waals surface area contributed by atoms with Gasteiger partial charge in [0.1, 0.15) is 10.6 Å². The van der Waals surface area contributed by atoms with Crippen LogP contribution in [0, 0.1) is 10.8 Å². The van der Waals surface area contributed by atoms with Crippen molar-refractivity contribution in [2.45, 2.75) is 45.4 Å². The molecule has 2 aliphatic heterocycles. The predicted molar refractivity (Wildman–Crippen MR) is 104 cm³/mol. The topological polar surface area (TPSA) is 66.9 Å². The summed E-state index contributed by atoms with van der Waals surface area (Å²) in [7, 11) is -3.59. The van der Waals surface area contributed by atoms with Gasteiger partial charge in [-0.25, -0.2) is 8.42 Å². The lowest BCUT2D eigenvalue weighted by molar-refractivity contribution is -0.142. The molecule has 2 heterocycles. The molecular weight excluding hydrogens is 364 g/mol. The number of rotatable bonds is 1. The molecule has 1 spiro atoms. The smallest absolute Gasteiger partial charge is 0.246 e. The normalized spacial score (nSPS) is 22.4. The number of hydrogen-bond donors (Lipinski definition) is 0. The van der Waals surface area contributed by atoms with E-state index in [1.165, 1.54) is 0 Å². The highest BCUT2D eigenvalue weighted by Gasteiger charge is 2.43. The largest absolute Gasteiger partial charge is 0.492 e. The van der Waals surface area contributed by atoms with Crippen LogP contribution >= 0.6 is 0 Å². The zero-order valence-electron chi connectivity index (χ0n) is 16.7. The Hall–Kier alpha value is -1.60. The average Bonchev–Trinajstić information content (AvgIpc) is 2.63. The van der Waals surface area contributed by atoms with E-state index < -0.39 is 15.4 Å². The standard InChI is InChI=1S/C20H30N2O4S/c1-5-22-14-20(10-12-21(13-11-20)18(23)19(2,3)4)15-26-16-8-6-7-9-17(16)27(22,24)25/h6-9H,5,10-15H2,1-4H3. The van der Waals surface area contributed by atoms with Gasteiger partial charge in [0.25, 0.3) is 0 Å². The van der Waals surface area contributed by atoms with Crippen molar-refractivity contribution in [2.75, 3.05) is 32.8 Å². The Bertz CT molecular complexity index is 806. The Morgan fingerprint density at radius 1 is 1.19 bits per heavy atom. The molecule has 1 aromatic carbocycles. The number of piperidine rings is 1. The third kappa shape index (κ3) is 3.85. The Morgan fingerprint density at radius 3 is 2.41 bits per heavy atom. The Morgan fingerprint density at radius 2 is 1.81 bits per heavy atom. The Labute approximate surface area is 162 Å². The van der Waals surface area contributed by atoms with Crippen LogP contribution in [0.1, 0.15) is 40.5 Å². The number of amides is 1. The molecule has 2 aliphatic rings. The molecule has 0 bridgehead atoms. The van der Waals surface area contributed by atoms with E-state index in [0.29, 0.717) is 38.5 Å². The van der Waals surface area contributed by atoms with Crippen molar-refractivity contribution >= 4 is 15.9 Å². The van der Waals surface area contributed by atoms with Crippen LogP contribution in [0.3, 0.4) is 0 Å². The molecule has 0 N–H and O–H groups in total. The Balaban J connectivity index is 1.86. The fraction of sp³-hybridized carbons (Fsp3) is 0.650. The fourth-order valence-electron chi connectivity index (χ4n) is 3.90. The maximum Gasteiger partial charge on any atom is 0.246 e. The van der Waals surface area contributed by atoms with Gasteiger partial charge >= 0.3 is 0 Å². The number of benzene rings is 1. The van der Waals surface area contributed by atoms with Crippen LogP contribution in [-0.4, -0.2) is 56.3 Å². The van der Waals surface area contributed by atoms with E-state index in [1.807, 2.05) is 32.6 Å². The zero-order valence-corrected chi connectivity index (χ0v) is 17.5. The lowest BCUT2D eigenvalue weighted by Gasteiger charge is -2.45. The molecule has 1 amide bonds. The van der Waals surface area contributed by atoms with Crippen molar-refractivity contribution in [2.24, 2.45) is 10.8 Å². The van der Waals surface area contributed by atoms with Gasteiger partial charge in [0.2, 0.25) is 15.9 Å². The van der Waals surface area contributed by atoms with Gasteiger partial charge in [0.15, 0.2) is 0 Å². The van der Waals surface area contributed by atoms with Crippen molar-refractivity contribution in [3.63, 3.8) is 0 Å². The molecule has 27 heavy (non-hydrogen) atoms. The van der Waals surface area contributed by atoms with Gasteiger partial charge in [-0.2, -0.15) is 4.31 Å². The van der Waals surface area contributed by atoms with Crippen LogP contribution in [0.2, 0.25) is 0 Å². The first-order valence-corrected chi connectivity index (χ1v) is 11.0. The van der Waals surface area contributed by atoms with E-state index in [4.69, 9.17) is 4.74 Å². The predicted octanol–water partition coefficient (Wildman–Crippen LogP) is 2.74. The van der Waals surface area contributed by atoms with Gasteiger partial charge in [-0.3, -0.25) is 4.79 Å². The number of ether oxygens (including phenoxy) is 1. The first-order chi connectivity index (χ1) is 12.6. The molecule has 0 radical (unpaired) electrons. The highest BCUT2D eigenvalue weighted by molar-refractivity contribution is 7.89. The van der Waals surface area contributed by atoms with Crippen LogP contribution in [0.5, 0.6) is 5.75 Å². The summed E-state index contributed by atoms with van der Waals surface area (Å²) in [6.45, 7) is 10.3. The molecular formula is C20H30N2O4S. The average molecular weight is 395 g/mol. The maximum absolute atomic E-state index is 13.1. The fourth-order valence-corrected chi connectivity index (χ4v) is 5.59. The lowest BCUT2D eigenvalue weighted by Crippen LogP contribution is -2.53. The number of carbonyl (C=O) groups excluding carboxylic acids is 1. The van der Waals surface area contributed by atoms with Crippen molar-refractivity contribution < 1.29 is 17.9 Å². The second-order valence-electron chi connectivity index (χ2n) is 8.71. The maximum atomic E-state index is 13.1. The summed E-state index contributed by atoms with van der Waals surface area (Å²) < 4.78 is 33.8. The first kappa shape index (κ1) is 20.1. The van der Waals surface area contributed by atoms with Crippen LogP contribution in [-0.2, 0) is 14.8 Å². The van der Waals surface area contributed by atoms with Gasteiger partial charge in [0.05, 0.1) is 6.61 Å². The van der Waals surface area contributed by atoms with Crippen molar-refractivity contribution in [3.05, 3.63) is 24.3 Å². The molecule has 6 nitrogen and oxygen atoms in total. The number of carbonyl (C=O) groups is 1. The van der Waals surface area contributed by atoms with Crippen LogP contribution < -0.4 is 4.74 Å².